The zero-order valence-electron chi connectivity index (χ0n) is 4.89. The maximum atomic E-state index is 10.1. The Morgan fingerprint density at radius 2 is 2.56 bits per heavy atom. The molecule has 1 heterocycles. The van der Waals surface area contributed by atoms with Crippen molar-refractivity contribution in [3.63, 3.8) is 0 Å². The Hall–Kier alpha value is -1.08. The molecule has 1 unspecified atom stereocenters. The predicted octanol–water partition coefficient (Wildman–Crippen LogP) is -0.347. The molecule has 9 heavy (non-hydrogen) atoms. The molecule has 1 aliphatic heterocycles. The zero-order valence-corrected chi connectivity index (χ0v) is 4.89. The molecule has 0 aliphatic carbocycles. The molecule has 48 valence electrons. The van der Waals surface area contributed by atoms with Crippen LogP contribution in [0, 0.1) is 0 Å². The van der Waals surface area contributed by atoms with Crippen molar-refractivity contribution in [2.45, 2.75) is 18.9 Å². The smallest absolute Gasteiger partial charge is 0.145 e. The van der Waals surface area contributed by atoms with Crippen LogP contribution in [0.25, 0.3) is 0 Å². The summed E-state index contributed by atoms with van der Waals surface area (Å²) in [5, 5.41) is 2.72. The first-order valence-corrected chi connectivity index (χ1v) is 2.82. The summed E-state index contributed by atoms with van der Waals surface area (Å²) in [6.45, 7) is 0. The first kappa shape index (κ1) is 6.05. The second kappa shape index (κ2) is 2.46. The van der Waals surface area contributed by atoms with Crippen LogP contribution in [-0.2, 0) is 9.59 Å². The molecule has 3 heteroatoms. The minimum absolute atomic E-state index is 0.151. The summed E-state index contributed by atoms with van der Waals surface area (Å²) in [5.74, 6) is 1.72. The molecule has 1 saturated heterocycles. The van der Waals surface area contributed by atoms with Gasteiger partial charge >= 0.3 is 0 Å². The first-order chi connectivity index (χ1) is 4.36. The van der Waals surface area contributed by atoms with Crippen molar-refractivity contribution >= 4 is 12.2 Å². The fourth-order valence-corrected chi connectivity index (χ4v) is 0.851. The maximum Gasteiger partial charge on any atom is 0.145 e. The molecule has 0 bridgehead atoms. The van der Waals surface area contributed by atoms with Gasteiger partial charge in [-0.1, -0.05) is 0 Å². The Morgan fingerprint density at radius 3 is 2.89 bits per heavy atom. The van der Waals surface area contributed by atoms with Gasteiger partial charge in [0.2, 0.25) is 0 Å². The zero-order chi connectivity index (χ0) is 6.69. The third-order valence-corrected chi connectivity index (χ3v) is 1.35. The van der Waals surface area contributed by atoms with Gasteiger partial charge < -0.3 is 10.1 Å². The van der Waals surface area contributed by atoms with Crippen molar-refractivity contribution in [2.75, 3.05) is 0 Å². The van der Waals surface area contributed by atoms with Crippen molar-refractivity contribution in [1.82, 2.24) is 5.32 Å². The third-order valence-electron chi connectivity index (χ3n) is 1.35. The fourth-order valence-electron chi connectivity index (χ4n) is 0.851. The number of carbonyl (C=O) groups excluding carboxylic acids is 2. The molecule has 0 spiro atoms. The molecule has 1 fully saturated rings. The van der Waals surface area contributed by atoms with Crippen molar-refractivity contribution < 1.29 is 9.59 Å². The van der Waals surface area contributed by atoms with Gasteiger partial charge in [-0.05, 0) is 6.42 Å². The van der Waals surface area contributed by atoms with Gasteiger partial charge in [-0.2, -0.15) is 0 Å². The van der Waals surface area contributed by atoms with E-state index in [4.69, 9.17) is 0 Å². The van der Waals surface area contributed by atoms with Gasteiger partial charge in [0.15, 0.2) is 0 Å². The molecule has 0 aromatic rings. The molecule has 0 aromatic carbocycles. The SMILES string of the molecule is O=C=C1CCC(C=O)N1. The molecule has 0 amide bonds. The van der Waals surface area contributed by atoms with Crippen LogP contribution >= 0.6 is 0 Å². The lowest BCUT2D eigenvalue weighted by Crippen LogP contribution is -2.21. The Morgan fingerprint density at radius 1 is 1.78 bits per heavy atom. The number of carbonyl (C=O) groups is 1. The summed E-state index contributed by atoms with van der Waals surface area (Å²) < 4.78 is 0. The van der Waals surface area contributed by atoms with Crippen LogP contribution in [0.1, 0.15) is 12.8 Å². The summed E-state index contributed by atoms with van der Waals surface area (Å²) in [7, 11) is 0. The molecule has 1 aliphatic rings. The van der Waals surface area contributed by atoms with Crippen LogP contribution in [0.2, 0.25) is 0 Å². The second-order valence-electron chi connectivity index (χ2n) is 2.01. The van der Waals surface area contributed by atoms with E-state index in [0.29, 0.717) is 12.1 Å². The van der Waals surface area contributed by atoms with Crippen LogP contribution in [0.3, 0.4) is 0 Å². The van der Waals surface area contributed by atoms with Gasteiger partial charge in [0.05, 0.1) is 11.7 Å². The fraction of sp³-hybridized carbons (Fsp3) is 0.500. The molecular weight excluding hydrogens is 118 g/mol. The molecule has 0 saturated carbocycles. The first-order valence-electron chi connectivity index (χ1n) is 2.82. The van der Waals surface area contributed by atoms with Crippen LogP contribution in [-0.4, -0.2) is 18.3 Å². The van der Waals surface area contributed by atoms with Crippen LogP contribution in [0.4, 0.5) is 0 Å². The lowest BCUT2D eigenvalue weighted by molar-refractivity contribution is -0.109. The molecule has 1 atom stereocenters. The monoisotopic (exact) mass is 125 g/mol. The Kier molecular flexibility index (Phi) is 1.66. The summed E-state index contributed by atoms with van der Waals surface area (Å²) in [5.41, 5.74) is 0.520. The number of aldehydes is 1. The Bertz CT molecular complexity index is 170. The minimum atomic E-state index is -0.151. The highest BCUT2D eigenvalue weighted by atomic mass is 16.1. The van der Waals surface area contributed by atoms with E-state index >= 15 is 0 Å². The van der Waals surface area contributed by atoms with Crippen molar-refractivity contribution in [3.05, 3.63) is 5.70 Å². The van der Waals surface area contributed by atoms with Crippen LogP contribution in [0.5, 0.6) is 0 Å². The van der Waals surface area contributed by atoms with Crippen molar-refractivity contribution in [1.29, 1.82) is 0 Å². The van der Waals surface area contributed by atoms with Crippen molar-refractivity contribution in [3.8, 4) is 0 Å². The van der Waals surface area contributed by atoms with E-state index in [2.05, 4.69) is 5.32 Å². The Balaban J connectivity index is 2.56. The van der Waals surface area contributed by atoms with E-state index in [1.165, 1.54) is 0 Å². The summed E-state index contributed by atoms with van der Waals surface area (Å²) in [4.78, 5) is 20.0. The van der Waals surface area contributed by atoms with E-state index in [1.54, 1.807) is 5.94 Å². The molecule has 0 aromatic heterocycles. The maximum absolute atomic E-state index is 10.1. The highest BCUT2D eigenvalue weighted by molar-refractivity contribution is 5.62. The lowest BCUT2D eigenvalue weighted by Gasteiger charge is -1.96. The van der Waals surface area contributed by atoms with E-state index in [-0.39, 0.29) is 6.04 Å². The van der Waals surface area contributed by atoms with E-state index in [1.807, 2.05) is 0 Å². The highest BCUT2D eigenvalue weighted by Crippen LogP contribution is 2.10. The average molecular weight is 125 g/mol. The lowest BCUT2D eigenvalue weighted by atomic mass is 10.2. The van der Waals surface area contributed by atoms with Gasteiger partial charge in [-0.15, -0.1) is 0 Å². The molecular formula is C6H7NO2. The van der Waals surface area contributed by atoms with E-state index in [9.17, 15) is 9.59 Å². The molecule has 3 nitrogen and oxygen atoms in total. The largest absolute Gasteiger partial charge is 0.370 e. The third kappa shape index (κ3) is 1.18. The summed E-state index contributed by atoms with van der Waals surface area (Å²) in [6, 6.07) is -0.151. The number of hydrogen-bond donors (Lipinski definition) is 1. The van der Waals surface area contributed by atoms with Crippen LogP contribution < -0.4 is 5.32 Å². The minimum Gasteiger partial charge on any atom is -0.370 e. The van der Waals surface area contributed by atoms with E-state index < -0.39 is 0 Å². The average Bonchev–Trinajstić information content (AvgIpc) is 2.34. The second-order valence-corrected chi connectivity index (χ2v) is 2.01. The molecule has 0 radical (unpaired) electrons. The summed E-state index contributed by atoms with van der Waals surface area (Å²) in [6.07, 6.45) is 2.20. The summed E-state index contributed by atoms with van der Waals surface area (Å²) >= 11 is 0. The van der Waals surface area contributed by atoms with Crippen LogP contribution in [0.15, 0.2) is 5.70 Å². The van der Waals surface area contributed by atoms with E-state index in [0.717, 1.165) is 12.7 Å². The number of allylic oxidation sites excluding steroid dienone is 1. The van der Waals surface area contributed by atoms with Gasteiger partial charge in [-0.25, -0.2) is 4.79 Å². The topological polar surface area (TPSA) is 46.2 Å². The molecule has 1 rings (SSSR count). The predicted molar refractivity (Wildman–Crippen MR) is 31.4 cm³/mol. The van der Waals surface area contributed by atoms with Gasteiger partial charge in [0.25, 0.3) is 0 Å². The highest BCUT2D eigenvalue weighted by Gasteiger charge is 2.16. The Labute approximate surface area is 52.7 Å². The number of hydrogen-bond acceptors (Lipinski definition) is 3. The number of nitrogens with one attached hydrogen (secondary N) is 1. The quantitative estimate of drug-likeness (QED) is 0.385. The number of rotatable bonds is 1. The van der Waals surface area contributed by atoms with Gasteiger partial charge in [0, 0.05) is 6.42 Å². The normalized spacial score (nSPS) is 24.9. The standard InChI is InChI=1S/C6H7NO2/c8-3-5-1-2-6(4-9)7-5/h3,5,7H,1-2H2. The molecule has 1 N–H and O–H groups in total. The van der Waals surface area contributed by atoms with Crippen molar-refractivity contribution in [2.24, 2.45) is 0 Å². The van der Waals surface area contributed by atoms with Gasteiger partial charge in [-0.3, -0.25) is 0 Å². The van der Waals surface area contributed by atoms with Gasteiger partial charge in [0.1, 0.15) is 12.2 Å².